The standard InChI is InChI=1S/C14H19FO2/c1-9-5-6-11(15)7-10(9)8-12(16)13(17)14(2,3)4/h5-7,13,17H,8H2,1-4H3. The monoisotopic (exact) mass is 238 g/mol. The van der Waals surface area contributed by atoms with E-state index in [4.69, 9.17) is 0 Å². The first kappa shape index (κ1) is 13.8. The zero-order valence-corrected chi connectivity index (χ0v) is 10.7. The lowest BCUT2D eigenvalue weighted by molar-refractivity contribution is -0.131. The van der Waals surface area contributed by atoms with Gasteiger partial charge in [-0.25, -0.2) is 4.39 Å². The maximum Gasteiger partial charge on any atom is 0.166 e. The highest BCUT2D eigenvalue weighted by Crippen LogP contribution is 2.22. The summed E-state index contributed by atoms with van der Waals surface area (Å²) in [7, 11) is 0. The molecule has 0 saturated heterocycles. The van der Waals surface area contributed by atoms with Crippen molar-refractivity contribution >= 4 is 5.78 Å². The van der Waals surface area contributed by atoms with Crippen LogP contribution in [0.4, 0.5) is 4.39 Å². The van der Waals surface area contributed by atoms with Gasteiger partial charge in [0.25, 0.3) is 0 Å². The number of hydrogen-bond donors (Lipinski definition) is 1. The van der Waals surface area contributed by atoms with Gasteiger partial charge in [-0.05, 0) is 35.6 Å². The van der Waals surface area contributed by atoms with Crippen molar-refractivity contribution in [1.29, 1.82) is 0 Å². The van der Waals surface area contributed by atoms with Crippen molar-refractivity contribution in [2.24, 2.45) is 5.41 Å². The number of rotatable bonds is 3. The van der Waals surface area contributed by atoms with Crippen LogP contribution in [0.1, 0.15) is 31.9 Å². The number of carbonyl (C=O) groups is 1. The third-order valence-electron chi connectivity index (χ3n) is 2.80. The Kier molecular flexibility index (Phi) is 4.04. The Morgan fingerprint density at radius 3 is 2.53 bits per heavy atom. The minimum Gasteiger partial charge on any atom is -0.385 e. The second kappa shape index (κ2) is 4.96. The molecule has 94 valence electrons. The van der Waals surface area contributed by atoms with Crippen molar-refractivity contribution in [2.75, 3.05) is 0 Å². The number of halogens is 1. The Bertz CT molecular complexity index is 419. The minimum atomic E-state index is -1.02. The summed E-state index contributed by atoms with van der Waals surface area (Å²) >= 11 is 0. The lowest BCUT2D eigenvalue weighted by Crippen LogP contribution is -2.35. The van der Waals surface area contributed by atoms with Gasteiger partial charge in [0.15, 0.2) is 5.78 Å². The fourth-order valence-electron chi connectivity index (χ4n) is 1.60. The van der Waals surface area contributed by atoms with Crippen molar-refractivity contribution < 1.29 is 14.3 Å². The van der Waals surface area contributed by atoms with Crippen LogP contribution in [-0.4, -0.2) is 17.0 Å². The van der Waals surface area contributed by atoms with E-state index in [1.54, 1.807) is 26.8 Å². The first-order valence-corrected chi connectivity index (χ1v) is 5.67. The Hall–Kier alpha value is -1.22. The van der Waals surface area contributed by atoms with Crippen LogP contribution in [0.5, 0.6) is 0 Å². The van der Waals surface area contributed by atoms with Crippen LogP contribution < -0.4 is 0 Å². The summed E-state index contributed by atoms with van der Waals surface area (Å²) in [5.74, 6) is -0.630. The van der Waals surface area contributed by atoms with E-state index in [2.05, 4.69) is 0 Å². The smallest absolute Gasteiger partial charge is 0.166 e. The highest BCUT2D eigenvalue weighted by Gasteiger charge is 2.28. The van der Waals surface area contributed by atoms with Crippen molar-refractivity contribution in [3.63, 3.8) is 0 Å². The molecule has 0 aliphatic rings. The van der Waals surface area contributed by atoms with Crippen LogP contribution in [0.2, 0.25) is 0 Å². The van der Waals surface area contributed by atoms with Crippen molar-refractivity contribution in [3.05, 3.63) is 35.1 Å². The minimum absolute atomic E-state index is 0.0715. The maximum atomic E-state index is 13.1. The molecule has 3 heteroatoms. The van der Waals surface area contributed by atoms with E-state index >= 15 is 0 Å². The molecule has 0 heterocycles. The second-order valence-electron chi connectivity index (χ2n) is 5.48. The summed E-state index contributed by atoms with van der Waals surface area (Å²) in [5, 5.41) is 9.83. The summed E-state index contributed by atoms with van der Waals surface area (Å²) in [6.07, 6.45) is -0.952. The van der Waals surface area contributed by atoms with Gasteiger partial charge in [0, 0.05) is 6.42 Å². The number of hydrogen-bond acceptors (Lipinski definition) is 2. The van der Waals surface area contributed by atoms with Crippen LogP contribution >= 0.6 is 0 Å². The lowest BCUT2D eigenvalue weighted by Gasteiger charge is -2.24. The normalized spacial score (nSPS) is 13.5. The molecule has 0 bridgehead atoms. The first-order valence-electron chi connectivity index (χ1n) is 5.67. The van der Waals surface area contributed by atoms with Crippen molar-refractivity contribution in [1.82, 2.24) is 0 Å². The molecule has 1 unspecified atom stereocenters. The molecule has 1 rings (SSSR count). The summed E-state index contributed by atoms with van der Waals surface area (Å²) < 4.78 is 13.1. The second-order valence-corrected chi connectivity index (χ2v) is 5.48. The van der Waals surface area contributed by atoms with E-state index < -0.39 is 11.5 Å². The maximum absolute atomic E-state index is 13.1. The number of benzene rings is 1. The summed E-state index contributed by atoms with van der Waals surface area (Å²) in [6.45, 7) is 7.22. The largest absolute Gasteiger partial charge is 0.385 e. The average molecular weight is 238 g/mol. The predicted octanol–water partition coefficient (Wildman–Crippen LogP) is 2.65. The molecule has 0 aromatic heterocycles. The highest BCUT2D eigenvalue weighted by molar-refractivity contribution is 5.85. The average Bonchev–Trinajstić information content (AvgIpc) is 2.21. The molecule has 0 aliphatic heterocycles. The topological polar surface area (TPSA) is 37.3 Å². The zero-order valence-electron chi connectivity index (χ0n) is 10.7. The van der Waals surface area contributed by atoms with Gasteiger partial charge in [-0.3, -0.25) is 4.79 Å². The number of aliphatic hydroxyl groups is 1. The first-order chi connectivity index (χ1) is 7.71. The van der Waals surface area contributed by atoms with Gasteiger partial charge in [-0.1, -0.05) is 26.8 Å². The van der Waals surface area contributed by atoms with Crippen molar-refractivity contribution in [3.8, 4) is 0 Å². The van der Waals surface area contributed by atoms with Gasteiger partial charge in [0.05, 0.1) is 0 Å². The van der Waals surface area contributed by atoms with E-state index in [1.807, 2.05) is 6.92 Å². The van der Waals surface area contributed by atoms with E-state index in [0.717, 1.165) is 5.56 Å². The molecule has 0 spiro atoms. The van der Waals surface area contributed by atoms with E-state index in [9.17, 15) is 14.3 Å². The molecule has 1 N–H and O–H groups in total. The van der Waals surface area contributed by atoms with Crippen LogP contribution in [0.15, 0.2) is 18.2 Å². The predicted molar refractivity (Wildman–Crippen MR) is 65.3 cm³/mol. The summed E-state index contributed by atoms with van der Waals surface area (Å²) in [6, 6.07) is 4.35. The Morgan fingerprint density at radius 2 is 2.00 bits per heavy atom. The molecule has 0 amide bonds. The Morgan fingerprint density at radius 1 is 1.41 bits per heavy atom. The SMILES string of the molecule is Cc1ccc(F)cc1CC(=O)C(O)C(C)(C)C. The number of Topliss-reactive ketones (excluding diaryl/α,β-unsaturated/α-hetero) is 1. The fourth-order valence-corrected chi connectivity index (χ4v) is 1.60. The van der Waals surface area contributed by atoms with Gasteiger partial charge < -0.3 is 5.11 Å². The molecule has 0 aliphatic carbocycles. The van der Waals surface area contributed by atoms with Crippen LogP contribution in [0.25, 0.3) is 0 Å². The van der Waals surface area contributed by atoms with Crippen LogP contribution in [-0.2, 0) is 11.2 Å². The molecule has 1 atom stereocenters. The van der Waals surface area contributed by atoms with Crippen molar-refractivity contribution in [2.45, 2.75) is 40.2 Å². The Balaban J connectivity index is 2.85. The van der Waals surface area contributed by atoms with Gasteiger partial charge in [0.1, 0.15) is 11.9 Å². The number of aliphatic hydroxyl groups excluding tert-OH is 1. The molecule has 1 aromatic carbocycles. The number of carbonyl (C=O) groups excluding carboxylic acids is 1. The van der Waals surface area contributed by atoms with E-state index in [-0.39, 0.29) is 18.0 Å². The highest BCUT2D eigenvalue weighted by atomic mass is 19.1. The molecule has 0 fully saturated rings. The summed E-state index contributed by atoms with van der Waals surface area (Å²) in [5.41, 5.74) is 1.01. The molecular formula is C14H19FO2. The van der Waals surface area contributed by atoms with E-state index in [1.165, 1.54) is 12.1 Å². The molecular weight excluding hydrogens is 219 g/mol. The summed E-state index contributed by atoms with van der Waals surface area (Å²) in [4.78, 5) is 11.9. The third-order valence-corrected chi connectivity index (χ3v) is 2.80. The molecule has 0 saturated carbocycles. The van der Waals surface area contributed by atoms with Crippen LogP contribution in [0.3, 0.4) is 0 Å². The van der Waals surface area contributed by atoms with Gasteiger partial charge in [-0.15, -0.1) is 0 Å². The third kappa shape index (κ3) is 3.63. The fraction of sp³-hybridized carbons (Fsp3) is 0.500. The molecule has 1 aromatic rings. The quantitative estimate of drug-likeness (QED) is 0.879. The van der Waals surface area contributed by atoms with E-state index in [0.29, 0.717) is 5.56 Å². The van der Waals surface area contributed by atoms with Gasteiger partial charge >= 0.3 is 0 Å². The lowest BCUT2D eigenvalue weighted by atomic mass is 9.84. The Labute approximate surface area is 101 Å². The molecule has 17 heavy (non-hydrogen) atoms. The van der Waals surface area contributed by atoms with Crippen LogP contribution in [0, 0.1) is 18.2 Å². The molecule has 2 nitrogen and oxygen atoms in total. The van der Waals surface area contributed by atoms with Gasteiger partial charge in [-0.2, -0.15) is 0 Å². The number of aryl methyl sites for hydroxylation is 1. The molecule has 0 radical (unpaired) electrons. The zero-order chi connectivity index (χ0) is 13.2. The number of ketones is 1. The van der Waals surface area contributed by atoms with Gasteiger partial charge in [0.2, 0.25) is 0 Å².